The van der Waals surface area contributed by atoms with E-state index in [0.717, 1.165) is 25.1 Å². The summed E-state index contributed by atoms with van der Waals surface area (Å²) >= 11 is 0. The summed E-state index contributed by atoms with van der Waals surface area (Å²) in [5.41, 5.74) is 2.09. The maximum absolute atomic E-state index is 9.53. The van der Waals surface area contributed by atoms with Crippen LogP contribution in [0.2, 0.25) is 0 Å². The molecule has 0 aliphatic carbocycles. The normalized spacial score (nSPS) is 17.8. The van der Waals surface area contributed by atoms with Gasteiger partial charge in [-0.1, -0.05) is 23.4 Å². The Balaban J connectivity index is 1.75. The Morgan fingerprint density at radius 2 is 2.13 bits per heavy atom. The van der Waals surface area contributed by atoms with Gasteiger partial charge in [0.1, 0.15) is 0 Å². The van der Waals surface area contributed by atoms with Crippen LogP contribution in [0.5, 0.6) is 0 Å². The van der Waals surface area contributed by atoms with Gasteiger partial charge in [0.2, 0.25) is 5.95 Å². The lowest BCUT2D eigenvalue weighted by Gasteiger charge is -2.23. The maximum Gasteiger partial charge on any atom is 0.229 e. The molecule has 8 heteroatoms. The third-order valence-electron chi connectivity index (χ3n) is 4.06. The topological polar surface area (TPSA) is 103 Å². The third-order valence-corrected chi connectivity index (χ3v) is 4.06. The Hall–Kier alpha value is -2.74. The number of aromatic nitrogens is 5. The zero-order valence-corrected chi connectivity index (χ0v) is 12.5. The third kappa shape index (κ3) is 2.57. The number of nitrogens with zero attached hydrogens (tertiary/aromatic N) is 5. The quantitative estimate of drug-likeness (QED) is 0.670. The summed E-state index contributed by atoms with van der Waals surface area (Å²) in [6, 6.07) is 9.84. The Labute approximate surface area is 132 Å². The number of aromatic amines is 1. The molecule has 0 radical (unpaired) electrons. The monoisotopic (exact) mass is 311 g/mol. The van der Waals surface area contributed by atoms with E-state index in [1.54, 1.807) is 0 Å². The molecular formula is C15H17N7O. The molecule has 3 heterocycles. The molecule has 0 saturated carbocycles. The predicted molar refractivity (Wildman–Crippen MR) is 86.7 cm³/mol. The molecule has 2 aromatic heterocycles. The van der Waals surface area contributed by atoms with Gasteiger partial charge in [0.05, 0.1) is 12.6 Å². The van der Waals surface area contributed by atoms with Crippen molar-refractivity contribution < 1.29 is 5.11 Å². The molecule has 0 spiro atoms. The van der Waals surface area contributed by atoms with E-state index in [0.29, 0.717) is 22.9 Å². The van der Waals surface area contributed by atoms with E-state index in [-0.39, 0.29) is 12.6 Å². The minimum atomic E-state index is 0.0629. The first-order valence-corrected chi connectivity index (χ1v) is 7.63. The molecular weight excluding hydrogens is 294 g/mol. The molecule has 8 nitrogen and oxygen atoms in total. The van der Waals surface area contributed by atoms with Crippen molar-refractivity contribution in [3.8, 4) is 0 Å². The van der Waals surface area contributed by atoms with Gasteiger partial charge in [-0.15, -0.1) is 5.10 Å². The Morgan fingerprint density at radius 1 is 1.26 bits per heavy atom. The Bertz CT molecular complexity index is 804. The highest BCUT2D eigenvalue weighted by molar-refractivity contribution is 5.85. The molecule has 1 fully saturated rings. The minimum Gasteiger partial charge on any atom is -0.394 e. The van der Waals surface area contributed by atoms with E-state index in [2.05, 4.69) is 30.7 Å². The first-order valence-electron chi connectivity index (χ1n) is 7.63. The molecule has 3 aromatic rings. The number of hydrogen-bond donors (Lipinski definition) is 3. The number of anilines is 3. The van der Waals surface area contributed by atoms with Crippen LogP contribution >= 0.6 is 0 Å². The van der Waals surface area contributed by atoms with E-state index in [9.17, 15) is 5.11 Å². The second kappa shape index (κ2) is 5.81. The molecule has 1 aromatic carbocycles. The standard InChI is InChI=1S/C15H17N7O/c23-9-11-7-4-8-22(11)15-17-13(12-14(18-15)20-21-19-12)16-10-5-2-1-3-6-10/h1-3,5-6,11,23H,4,7-9H2,(H2,16,17,18,19,20,21)/t11-/m1/s1. The zero-order chi connectivity index (χ0) is 15.6. The largest absolute Gasteiger partial charge is 0.394 e. The number of H-pyrrole nitrogens is 1. The average molecular weight is 311 g/mol. The lowest BCUT2D eigenvalue weighted by atomic mass is 10.2. The van der Waals surface area contributed by atoms with Gasteiger partial charge in [-0.2, -0.15) is 9.97 Å². The van der Waals surface area contributed by atoms with Gasteiger partial charge >= 0.3 is 0 Å². The number of nitrogens with one attached hydrogen (secondary N) is 2. The summed E-state index contributed by atoms with van der Waals surface area (Å²) in [4.78, 5) is 11.2. The molecule has 4 rings (SSSR count). The number of para-hydroxylation sites is 1. The molecule has 118 valence electrons. The highest BCUT2D eigenvalue weighted by Crippen LogP contribution is 2.27. The van der Waals surface area contributed by atoms with Crippen LogP contribution in [0.15, 0.2) is 30.3 Å². The molecule has 1 aliphatic rings. The molecule has 0 amide bonds. The van der Waals surface area contributed by atoms with Gasteiger partial charge in [0.15, 0.2) is 17.0 Å². The second-order valence-corrected chi connectivity index (χ2v) is 5.54. The summed E-state index contributed by atoms with van der Waals surface area (Å²) in [7, 11) is 0. The number of benzene rings is 1. The first-order chi connectivity index (χ1) is 11.3. The van der Waals surface area contributed by atoms with Crippen LogP contribution in [0, 0.1) is 0 Å². The highest BCUT2D eigenvalue weighted by atomic mass is 16.3. The Morgan fingerprint density at radius 3 is 2.96 bits per heavy atom. The van der Waals surface area contributed by atoms with Crippen molar-refractivity contribution in [1.29, 1.82) is 0 Å². The van der Waals surface area contributed by atoms with E-state index < -0.39 is 0 Å². The van der Waals surface area contributed by atoms with Gasteiger partial charge in [0, 0.05) is 12.2 Å². The average Bonchev–Trinajstić information content (AvgIpc) is 3.24. The van der Waals surface area contributed by atoms with Gasteiger partial charge in [-0.05, 0) is 25.0 Å². The molecule has 1 atom stereocenters. The van der Waals surface area contributed by atoms with E-state index in [1.165, 1.54) is 0 Å². The van der Waals surface area contributed by atoms with Crippen molar-refractivity contribution in [2.75, 3.05) is 23.4 Å². The Kier molecular flexibility index (Phi) is 3.51. The van der Waals surface area contributed by atoms with Crippen molar-refractivity contribution >= 4 is 28.6 Å². The van der Waals surface area contributed by atoms with Crippen LogP contribution < -0.4 is 10.2 Å². The van der Waals surface area contributed by atoms with Crippen LogP contribution in [0.1, 0.15) is 12.8 Å². The fourth-order valence-electron chi connectivity index (χ4n) is 2.90. The fraction of sp³-hybridized carbons (Fsp3) is 0.333. The number of aliphatic hydroxyl groups is 1. The van der Waals surface area contributed by atoms with Crippen LogP contribution in [0.25, 0.3) is 11.2 Å². The second-order valence-electron chi connectivity index (χ2n) is 5.54. The lowest BCUT2D eigenvalue weighted by molar-refractivity contribution is 0.265. The first kappa shape index (κ1) is 13.9. The van der Waals surface area contributed by atoms with Crippen LogP contribution in [0.4, 0.5) is 17.5 Å². The number of fused-ring (bicyclic) bond motifs is 1. The molecule has 23 heavy (non-hydrogen) atoms. The van der Waals surface area contributed by atoms with Gasteiger partial charge < -0.3 is 15.3 Å². The SMILES string of the molecule is OC[C@H]1CCCN1c1nc(Nc2ccccc2)c2nn[nH]c2n1. The number of rotatable bonds is 4. The minimum absolute atomic E-state index is 0.0629. The highest BCUT2D eigenvalue weighted by Gasteiger charge is 2.27. The van der Waals surface area contributed by atoms with Gasteiger partial charge in [-0.25, -0.2) is 5.10 Å². The van der Waals surface area contributed by atoms with Crippen LogP contribution in [-0.4, -0.2) is 49.7 Å². The smallest absolute Gasteiger partial charge is 0.229 e. The lowest BCUT2D eigenvalue weighted by Crippen LogP contribution is -2.33. The summed E-state index contributed by atoms with van der Waals surface area (Å²) in [6.45, 7) is 0.938. The zero-order valence-electron chi connectivity index (χ0n) is 12.5. The maximum atomic E-state index is 9.53. The van der Waals surface area contributed by atoms with Crippen molar-refractivity contribution in [2.45, 2.75) is 18.9 Å². The molecule has 0 bridgehead atoms. The van der Waals surface area contributed by atoms with Gasteiger partial charge in [0.25, 0.3) is 0 Å². The van der Waals surface area contributed by atoms with Crippen molar-refractivity contribution in [2.24, 2.45) is 0 Å². The predicted octanol–water partition coefficient (Wildman–Crippen LogP) is 1.45. The van der Waals surface area contributed by atoms with Crippen LogP contribution in [0.3, 0.4) is 0 Å². The van der Waals surface area contributed by atoms with Gasteiger partial charge in [-0.3, -0.25) is 0 Å². The van der Waals surface area contributed by atoms with Crippen molar-refractivity contribution in [3.05, 3.63) is 30.3 Å². The molecule has 3 N–H and O–H groups in total. The number of aliphatic hydroxyl groups excluding tert-OH is 1. The van der Waals surface area contributed by atoms with E-state index in [1.807, 2.05) is 35.2 Å². The van der Waals surface area contributed by atoms with E-state index in [4.69, 9.17) is 0 Å². The molecule has 1 saturated heterocycles. The summed E-state index contributed by atoms with van der Waals surface area (Å²) in [6.07, 6.45) is 1.97. The van der Waals surface area contributed by atoms with Crippen molar-refractivity contribution in [3.63, 3.8) is 0 Å². The molecule has 1 aliphatic heterocycles. The fourth-order valence-corrected chi connectivity index (χ4v) is 2.90. The van der Waals surface area contributed by atoms with Crippen LogP contribution in [-0.2, 0) is 0 Å². The summed E-state index contributed by atoms with van der Waals surface area (Å²) in [5.74, 6) is 1.19. The number of hydrogen-bond acceptors (Lipinski definition) is 7. The van der Waals surface area contributed by atoms with Crippen molar-refractivity contribution in [1.82, 2.24) is 25.4 Å². The molecule has 0 unspecified atom stereocenters. The summed E-state index contributed by atoms with van der Waals surface area (Å²) < 4.78 is 0. The summed E-state index contributed by atoms with van der Waals surface area (Å²) in [5, 5.41) is 23.5. The van der Waals surface area contributed by atoms with E-state index >= 15 is 0 Å².